The van der Waals surface area contributed by atoms with Gasteiger partial charge >= 0.3 is 0 Å². The molecule has 0 spiro atoms. The Hall–Kier alpha value is -1.40. The van der Waals surface area contributed by atoms with Crippen molar-refractivity contribution in [1.82, 2.24) is 9.21 Å². The number of carbonyl (C=O) groups excluding carboxylic acids is 1. The fourth-order valence-corrected chi connectivity index (χ4v) is 5.38. The van der Waals surface area contributed by atoms with Crippen LogP contribution in [0, 0.1) is 0 Å². The molecule has 0 unspecified atom stereocenters. The van der Waals surface area contributed by atoms with Gasteiger partial charge < -0.3 is 4.90 Å². The molecule has 1 atom stereocenters. The molecule has 2 aliphatic rings. The molecule has 0 aromatic heterocycles. The lowest BCUT2D eigenvalue weighted by atomic mass is 10.1. The molecule has 132 valence electrons. The van der Waals surface area contributed by atoms with Crippen molar-refractivity contribution in [1.29, 1.82) is 0 Å². The lowest BCUT2D eigenvalue weighted by molar-refractivity contribution is 0.0724. The van der Waals surface area contributed by atoms with E-state index < -0.39 is 10.0 Å². The van der Waals surface area contributed by atoms with E-state index >= 15 is 0 Å². The maximum absolute atomic E-state index is 12.9. The summed E-state index contributed by atoms with van der Waals surface area (Å²) >= 11 is 0. The molecule has 0 N–H and O–H groups in total. The van der Waals surface area contributed by atoms with Gasteiger partial charge in [0.1, 0.15) is 0 Å². The smallest absolute Gasteiger partial charge is 0.253 e. The zero-order valence-corrected chi connectivity index (χ0v) is 15.1. The van der Waals surface area contributed by atoms with Crippen LogP contribution >= 0.6 is 0 Å². The molecule has 24 heavy (non-hydrogen) atoms. The molecule has 6 heteroatoms. The minimum Gasteiger partial charge on any atom is -0.339 e. The molecule has 2 aliphatic heterocycles. The molecule has 0 saturated carbocycles. The van der Waals surface area contributed by atoms with E-state index in [1.54, 1.807) is 28.6 Å². The number of piperidine rings is 2. The van der Waals surface area contributed by atoms with Gasteiger partial charge in [-0.15, -0.1) is 0 Å². The summed E-state index contributed by atoms with van der Waals surface area (Å²) in [7, 11) is -3.54. The molecular formula is C18H26N2O3S. The van der Waals surface area contributed by atoms with Gasteiger partial charge in [0.2, 0.25) is 10.0 Å². The van der Waals surface area contributed by atoms with Crippen LogP contribution in [-0.2, 0) is 10.0 Å². The van der Waals surface area contributed by atoms with Crippen molar-refractivity contribution in [3.8, 4) is 0 Å². The molecule has 1 aromatic rings. The fraction of sp³-hybridized carbons (Fsp3) is 0.611. The van der Waals surface area contributed by atoms with Gasteiger partial charge in [-0.25, -0.2) is 8.42 Å². The van der Waals surface area contributed by atoms with E-state index in [0.29, 0.717) is 12.1 Å². The summed E-state index contributed by atoms with van der Waals surface area (Å²) in [5.74, 6) is -0.0570. The summed E-state index contributed by atoms with van der Waals surface area (Å²) in [6.45, 7) is 4.05. The van der Waals surface area contributed by atoms with E-state index in [2.05, 4.69) is 0 Å². The highest BCUT2D eigenvalue weighted by molar-refractivity contribution is 7.89. The Morgan fingerprint density at radius 3 is 2.46 bits per heavy atom. The van der Waals surface area contributed by atoms with Crippen LogP contribution in [0.15, 0.2) is 29.2 Å². The Bertz CT molecular complexity index is 696. The van der Waals surface area contributed by atoms with E-state index in [1.807, 2.05) is 11.8 Å². The van der Waals surface area contributed by atoms with Crippen molar-refractivity contribution in [3.63, 3.8) is 0 Å². The third-order valence-corrected chi connectivity index (χ3v) is 7.08. The predicted molar refractivity (Wildman–Crippen MR) is 93.4 cm³/mol. The molecule has 5 nitrogen and oxygen atoms in total. The van der Waals surface area contributed by atoms with Crippen molar-refractivity contribution < 1.29 is 13.2 Å². The highest BCUT2D eigenvalue weighted by atomic mass is 32.2. The van der Waals surface area contributed by atoms with Crippen molar-refractivity contribution >= 4 is 15.9 Å². The van der Waals surface area contributed by atoms with Crippen LogP contribution in [0.25, 0.3) is 0 Å². The second-order valence-electron chi connectivity index (χ2n) is 6.84. The van der Waals surface area contributed by atoms with Crippen LogP contribution in [0.4, 0.5) is 0 Å². The Balaban J connectivity index is 1.85. The number of carbonyl (C=O) groups is 1. The Morgan fingerprint density at radius 1 is 1.04 bits per heavy atom. The van der Waals surface area contributed by atoms with Crippen LogP contribution in [0.2, 0.25) is 0 Å². The first kappa shape index (κ1) is 17.4. The highest BCUT2D eigenvalue weighted by Crippen LogP contribution is 2.26. The Morgan fingerprint density at radius 2 is 1.75 bits per heavy atom. The first-order valence-electron chi connectivity index (χ1n) is 8.91. The first-order chi connectivity index (χ1) is 11.5. The number of rotatable bonds is 3. The van der Waals surface area contributed by atoms with E-state index in [4.69, 9.17) is 0 Å². The van der Waals surface area contributed by atoms with Crippen LogP contribution in [0.3, 0.4) is 0 Å². The quantitative estimate of drug-likeness (QED) is 0.842. The van der Waals surface area contributed by atoms with Crippen LogP contribution in [-0.4, -0.2) is 49.2 Å². The standard InChI is InChI=1S/C18H26N2O3S/c1-15-8-3-6-13-20(15)24(22,23)17-10-7-9-16(14-17)18(21)19-11-4-2-5-12-19/h7,9-10,14-15H,2-6,8,11-13H2,1H3/t15-/m0/s1. The topological polar surface area (TPSA) is 57.7 Å². The lowest BCUT2D eigenvalue weighted by Crippen LogP contribution is -2.42. The summed E-state index contributed by atoms with van der Waals surface area (Å²) in [5, 5.41) is 0. The van der Waals surface area contributed by atoms with E-state index in [1.165, 1.54) is 0 Å². The maximum atomic E-state index is 12.9. The fourth-order valence-electron chi connectivity index (χ4n) is 3.63. The highest BCUT2D eigenvalue weighted by Gasteiger charge is 2.31. The third-order valence-electron chi connectivity index (χ3n) is 5.07. The number of likely N-dealkylation sites (tertiary alicyclic amines) is 1. The van der Waals surface area contributed by atoms with E-state index in [9.17, 15) is 13.2 Å². The molecule has 0 aliphatic carbocycles. The molecule has 2 fully saturated rings. The lowest BCUT2D eigenvalue weighted by Gasteiger charge is -2.32. The second-order valence-corrected chi connectivity index (χ2v) is 8.73. The van der Waals surface area contributed by atoms with Crippen molar-refractivity contribution in [2.24, 2.45) is 0 Å². The molecule has 2 saturated heterocycles. The van der Waals surface area contributed by atoms with Crippen molar-refractivity contribution in [3.05, 3.63) is 29.8 Å². The SMILES string of the molecule is C[C@H]1CCCCN1S(=O)(=O)c1cccc(C(=O)N2CCCCC2)c1. The van der Waals surface area contributed by atoms with Crippen LogP contribution in [0.1, 0.15) is 55.8 Å². The zero-order chi connectivity index (χ0) is 17.2. The summed E-state index contributed by atoms with van der Waals surface area (Å²) in [5.41, 5.74) is 0.475. The molecule has 0 bridgehead atoms. The monoisotopic (exact) mass is 350 g/mol. The van der Waals surface area contributed by atoms with Gasteiger partial charge in [0.05, 0.1) is 4.90 Å². The minimum absolute atomic E-state index is 0.0187. The number of hydrogen-bond acceptors (Lipinski definition) is 3. The second kappa shape index (κ2) is 7.23. The van der Waals surface area contributed by atoms with Gasteiger partial charge in [-0.2, -0.15) is 4.31 Å². The molecule has 0 radical (unpaired) electrons. The molecule has 2 heterocycles. The largest absolute Gasteiger partial charge is 0.339 e. The van der Waals surface area contributed by atoms with Gasteiger partial charge in [-0.3, -0.25) is 4.79 Å². The Kier molecular flexibility index (Phi) is 5.25. The number of benzene rings is 1. The van der Waals surface area contributed by atoms with Gasteiger partial charge in [-0.05, 0) is 57.2 Å². The number of nitrogens with zero attached hydrogens (tertiary/aromatic N) is 2. The van der Waals surface area contributed by atoms with Gasteiger partial charge in [0, 0.05) is 31.2 Å². The van der Waals surface area contributed by atoms with Crippen molar-refractivity contribution in [2.45, 2.75) is 56.4 Å². The van der Waals surface area contributed by atoms with Gasteiger partial charge in [0.25, 0.3) is 5.91 Å². The average Bonchev–Trinajstić information content (AvgIpc) is 2.62. The zero-order valence-electron chi connectivity index (χ0n) is 14.3. The Labute approximate surface area is 144 Å². The van der Waals surface area contributed by atoms with Gasteiger partial charge in [0.15, 0.2) is 0 Å². The number of hydrogen-bond donors (Lipinski definition) is 0. The van der Waals surface area contributed by atoms with E-state index in [-0.39, 0.29) is 16.8 Å². The summed E-state index contributed by atoms with van der Waals surface area (Å²) < 4.78 is 27.5. The summed E-state index contributed by atoms with van der Waals surface area (Å²) in [4.78, 5) is 14.7. The number of amides is 1. The summed E-state index contributed by atoms with van der Waals surface area (Å²) in [6.07, 6.45) is 6.07. The summed E-state index contributed by atoms with van der Waals surface area (Å²) in [6, 6.07) is 6.57. The molecular weight excluding hydrogens is 324 g/mol. The van der Waals surface area contributed by atoms with Gasteiger partial charge in [-0.1, -0.05) is 12.5 Å². The normalized spacial score (nSPS) is 23.2. The minimum atomic E-state index is -3.54. The van der Waals surface area contributed by atoms with Crippen LogP contribution < -0.4 is 0 Å². The van der Waals surface area contributed by atoms with Crippen molar-refractivity contribution in [2.75, 3.05) is 19.6 Å². The first-order valence-corrected chi connectivity index (χ1v) is 10.4. The maximum Gasteiger partial charge on any atom is 0.253 e. The average molecular weight is 350 g/mol. The third kappa shape index (κ3) is 3.49. The predicted octanol–water partition coefficient (Wildman–Crippen LogP) is 2.88. The molecule has 1 aromatic carbocycles. The van der Waals surface area contributed by atoms with Crippen LogP contribution in [0.5, 0.6) is 0 Å². The molecule has 3 rings (SSSR count). The van der Waals surface area contributed by atoms with E-state index in [0.717, 1.165) is 51.6 Å². The number of sulfonamides is 1. The molecule has 1 amide bonds.